The smallest absolute Gasteiger partial charge is 0.320 e. The summed E-state index contributed by atoms with van der Waals surface area (Å²) < 4.78 is 1.87. The van der Waals surface area contributed by atoms with Crippen molar-refractivity contribution in [3.8, 4) is 6.07 Å². The number of likely N-dealkylation sites (tertiary alicyclic amines) is 2. The zero-order chi connectivity index (χ0) is 25.4. The molecule has 12 nitrogen and oxygen atoms in total. The Morgan fingerprint density at radius 1 is 1.11 bits per heavy atom. The number of piperidine rings is 2. The zero-order valence-corrected chi connectivity index (χ0v) is 20.3. The van der Waals surface area contributed by atoms with Gasteiger partial charge >= 0.3 is 17.8 Å². The lowest BCUT2D eigenvalue weighted by Gasteiger charge is -2.41. The molecule has 0 unspecified atom stereocenters. The Kier molecular flexibility index (Phi) is 6.22. The lowest BCUT2D eigenvalue weighted by Crippen LogP contribution is -2.51. The van der Waals surface area contributed by atoms with Gasteiger partial charge in [-0.1, -0.05) is 6.92 Å². The Morgan fingerprint density at radius 2 is 1.86 bits per heavy atom. The molecule has 2 aliphatic rings. The third-order valence-electron chi connectivity index (χ3n) is 7.37. The second-order valence-electron chi connectivity index (χ2n) is 9.54. The first-order valence-corrected chi connectivity index (χ1v) is 12.2. The normalized spacial score (nSPS) is 20.9. The van der Waals surface area contributed by atoms with Crippen molar-refractivity contribution >= 4 is 45.6 Å². The van der Waals surface area contributed by atoms with Crippen LogP contribution in [0.25, 0.3) is 21.9 Å². The highest BCUT2D eigenvalue weighted by Crippen LogP contribution is 2.36. The maximum Gasteiger partial charge on any atom is 0.320 e. The number of rotatable bonds is 2. The summed E-state index contributed by atoms with van der Waals surface area (Å²) in [5.74, 6) is -1.10. The number of amides is 4. The Bertz CT molecular complexity index is 1360. The number of urea groups is 1. The number of nitriles is 1. The van der Waals surface area contributed by atoms with Crippen LogP contribution in [0.3, 0.4) is 0 Å². The van der Waals surface area contributed by atoms with E-state index in [9.17, 15) is 19.6 Å². The molecule has 4 amide bonds. The summed E-state index contributed by atoms with van der Waals surface area (Å²) in [5.41, 5.74) is 1.47. The standard InChI is InChI=1S/C24H29N9O3/c1-14-4-8-32(24(36)31-9-5-15(11-25)6-10-31)13-18(14)33-19-16-3-7-27-20(16)28-12-17(19)21(30-33)29-23(35)22(34)26-2/h3,7,12,14-15,18H,4-6,8-10,13H2,1-2H3,(H,26,34)(H,27,28)(H,29,30,35)/t14-,18+/m1/s1. The highest BCUT2D eigenvalue weighted by molar-refractivity contribution is 6.40. The van der Waals surface area contributed by atoms with Crippen LogP contribution in [0, 0.1) is 23.2 Å². The molecule has 0 bridgehead atoms. The molecule has 188 valence electrons. The predicted molar refractivity (Wildman–Crippen MR) is 132 cm³/mol. The van der Waals surface area contributed by atoms with Gasteiger partial charge in [-0.05, 0) is 31.2 Å². The van der Waals surface area contributed by atoms with E-state index in [1.807, 2.05) is 20.5 Å². The number of aromatic nitrogens is 4. The number of pyridine rings is 1. The molecule has 0 saturated carbocycles. The highest BCUT2D eigenvalue weighted by Gasteiger charge is 2.35. The molecule has 0 radical (unpaired) electrons. The van der Waals surface area contributed by atoms with Gasteiger partial charge < -0.3 is 25.4 Å². The number of carbonyl (C=O) groups is 3. The van der Waals surface area contributed by atoms with E-state index in [2.05, 4.69) is 33.6 Å². The molecular weight excluding hydrogens is 462 g/mol. The van der Waals surface area contributed by atoms with Gasteiger partial charge in [0.1, 0.15) is 5.65 Å². The summed E-state index contributed by atoms with van der Waals surface area (Å²) in [5, 5.41) is 20.3. The first-order valence-electron chi connectivity index (χ1n) is 12.2. The number of aromatic amines is 1. The van der Waals surface area contributed by atoms with Gasteiger partial charge in [0.2, 0.25) is 0 Å². The van der Waals surface area contributed by atoms with Crippen LogP contribution in [0.2, 0.25) is 0 Å². The number of fused-ring (bicyclic) bond motifs is 3. The van der Waals surface area contributed by atoms with Gasteiger partial charge in [0.05, 0.1) is 23.0 Å². The summed E-state index contributed by atoms with van der Waals surface area (Å²) in [7, 11) is 1.39. The van der Waals surface area contributed by atoms with Crippen LogP contribution in [-0.2, 0) is 9.59 Å². The zero-order valence-electron chi connectivity index (χ0n) is 20.3. The molecule has 36 heavy (non-hydrogen) atoms. The number of anilines is 1. The molecular formula is C24H29N9O3. The lowest BCUT2D eigenvalue weighted by molar-refractivity contribution is -0.135. The fourth-order valence-corrected chi connectivity index (χ4v) is 5.18. The fourth-order valence-electron chi connectivity index (χ4n) is 5.18. The van der Waals surface area contributed by atoms with Crippen LogP contribution in [0.4, 0.5) is 10.6 Å². The van der Waals surface area contributed by atoms with Crippen molar-refractivity contribution in [3.63, 3.8) is 0 Å². The SMILES string of the molecule is CNC(=O)C(=O)Nc1nn([C@H]2CN(C(=O)N3CCC(C#N)CC3)CC[C@H]2C)c2c1cnc1[nH]ccc12. The van der Waals surface area contributed by atoms with E-state index in [-0.39, 0.29) is 29.7 Å². The molecule has 2 atom stereocenters. The van der Waals surface area contributed by atoms with Gasteiger partial charge in [-0.3, -0.25) is 14.3 Å². The Hall–Kier alpha value is -4.14. The molecule has 12 heteroatoms. The average molecular weight is 492 g/mol. The molecule has 0 spiro atoms. The monoisotopic (exact) mass is 491 g/mol. The Morgan fingerprint density at radius 3 is 2.58 bits per heavy atom. The number of nitrogens with zero attached hydrogens (tertiary/aromatic N) is 6. The van der Waals surface area contributed by atoms with Gasteiger partial charge in [0.25, 0.3) is 0 Å². The number of nitrogens with one attached hydrogen (secondary N) is 3. The highest BCUT2D eigenvalue weighted by atomic mass is 16.2. The van der Waals surface area contributed by atoms with Gasteiger partial charge in [0.15, 0.2) is 5.82 Å². The van der Waals surface area contributed by atoms with Crippen LogP contribution < -0.4 is 10.6 Å². The van der Waals surface area contributed by atoms with E-state index in [0.29, 0.717) is 50.1 Å². The first kappa shape index (κ1) is 23.6. The van der Waals surface area contributed by atoms with E-state index in [1.165, 1.54) is 7.05 Å². The minimum atomic E-state index is -0.813. The summed E-state index contributed by atoms with van der Waals surface area (Å²) in [4.78, 5) is 48.8. The molecule has 3 aromatic rings. The van der Waals surface area contributed by atoms with Crippen molar-refractivity contribution in [1.82, 2.24) is 34.9 Å². The van der Waals surface area contributed by atoms with E-state index < -0.39 is 11.8 Å². The molecule has 2 aliphatic heterocycles. The minimum Gasteiger partial charge on any atom is -0.351 e. The number of hydrogen-bond acceptors (Lipinski definition) is 6. The maximum absolute atomic E-state index is 13.3. The van der Waals surface area contributed by atoms with Gasteiger partial charge in [-0.15, -0.1) is 0 Å². The molecule has 5 heterocycles. The number of likely N-dealkylation sites (N-methyl/N-ethyl adjacent to an activating group) is 1. The molecule has 3 aromatic heterocycles. The Labute approximate surface area is 207 Å². The number of hydrogen-bond donors (Lipinski definition) is 3. The third kappa shape index (κ3) is 4.10. The van der Waals surface area contributed by atoms with E-state index in [0.717, 1.165) is 17.3 Å². The van der Waals surface area contributed by atoms with Crippen molar-refractivity contribution in [1.29, 1.82) is 5.26 Å². The number of H-pyrrole nitrogens is 1. The second kappa shape index (κ2) is 9.49. The maximum atomic E-state index is 13.3. The summed E-state index contributed by atoms with van der Waals surface area (Å²) in [6, 6.07) is 4.05. The van der Waals surface area contributed by atoms with Crippen LogP contribution in [0.15, 0.2) is 18.5 Å². The van der Waals surface area contributed by atoms with Crippen molar-refractivity contribution in [2.75, 3.05) is 38.5 Å². The van der Waals surface area contributed by atoms with Crippen LogP contribution in [0.1, 0.15) is 32.2 Å². The topological polar surface area (TPSA) is 152 Å². The van der Waals surface area contributed by atoms with Crippen molar-refractivity contribution < 1.29 is 14.4 Å². The fraction of sp³-hybridized carbons (Fsp3) is 0.500. The van der Waals surface area contributed by atoms with E-state index in [4.69, 9.17) is 5.10 Å². The lowest BCUT2D eigenvalue weighted by atomic mass is 9.93. The van der Waals surface area contributed by atoms with E-state index in [1.54, 1.807) is 12.4 Å². The molecule has 2 saturated heterocycles. The third-order valence-corrected chi connectivity index (χ3v) is 7.37. The summed E-state index contributed by atoms with van der Waals surface area (Å²) in [6.45, 7) is 4.42. The van der Waals surface area contributed by atoms with Crippen LogP contribution in [-0.4, -0.2) is 80.6 Å². The minimum absolute atomic E-state index is 0.0126. The Balaban J connectivity index is 1.48. The molecule has 0 aromatic carbocycles. The molecule has 2 fully saturated rings. The second-order valence-corrected chi connectivity index (χ2v) is 9.54. The van der Waals surface area contributed by atoms with Crippen molar-refractivity contribution in [2.24, 2.45) is 11.8 Å². The number of carbonyl (C=O) groups excluding carboxylic acids is 3. The largest absolute Gasteiger partial charge is 0.351 e. The van der Waals surface area contributed by atoms with Gasteiger partial charge in [-0.2, -0.15) is 10.4 Å². The van der Waals surface area contributed by atoms with Crippen molar-refractivity contribution in [2.45, 2.75) is 32.2 Å². The van der Waals surface area contributed by atoms with Gasteiger partial charge in [0, 0.05) is 56.9 Å². The van der Waals surface area contributed by atoms with E-state index >= 15 is 0 Å². The summed E-state index contributed by atoms with van der Waals surface area (Å²) >= 11 is 0. The van der Waals surface area contributed by atoms with Crippen LogP contribution >= 0.6 is 0 Å². The van der Waals surface area contributed by atoms with Crippen molar-refractivity contribution in [3.05, 3.63) is 18.5 Å². The predicted octanol–water partition coefficient (Wildman–Crippen LogP) is 1.84. The average Bonchev–Trinajstić information content (AvgIpc) is 3.52. The first-order chi connectivity index (χ1) is 17.4. The quantitative estimate of drug-likeness (QED) is 0.465. The molecule has 5 rings (SSSR count). The molecule has 0 aliphatic carbocycles. The van der Waals surface area contributed by atoms with Crippen LogP contribution in [0.5, 0.6) is 0 Å². The van der Waals surface area contributed by atoms with Gasteiger partial charge in [-0.25, -0.2) is 9.78 Å². The molecule has 3 N–H and O–H groups in total. The summed E-state index contributed by atoms with van der Waals surface area (Å²) in [6.07, 6.45) is 5.63.